The van der Waals surface area contributed by atoms with Crippen molar-refractivity contribution in [2.45, 2.75) is 6.04 Å². The van der Waals surface area contributed by atoms with E-state index in [2.05, 4.69) is 5.32 Å². The fourth-order valence-electron chi connectivity index (χ4n) is 3.23. The zero-order valence-corrected chi connectivity index (χ0v) is 16.4. The Labute approximate surface area is 172 Å². The Morgan fingerprint density at radius 1 is 0.862 bits per heavy atom. The van der Waals surface area contributed by atoms with E-state index in [1.54, 1.807) is 23.5 Å². The second-order valence-electron chi connectivity index (χ2n) is 6.53. The Morgan fingerprint density at radius 2 is 1.62 bits per heavy atom. The molecule has 0 unspecified atom stereocenters. The Kier molecular flexibility index (Phi) is 5.68. The largest absolute Gasteiger partial charge is 0.452 e. The number of amides is 1. The number of hydrogen-bond donors (Lipinski definition) is 1. The van der Waals surface area contributed by atoms with E-state index in [0.29, 0.717) is 5.56 Å². The zero-order valence-electron chi connectivity index (χ0n) is 15.6. The van der Waals surface area contributed by atoms with Gasteiger partial charge in [0.25, 0.3) is 5.91 Å². The summed E-state index contributed by atoms with van der Waals surface area (Å²) in [5, 5.41) is 6.70. The molecule has 0 saturated carbocycles. The summed E-state index contributed by atoms with van der Waals surface area (Å²) in [6.45, 7) is -0.337. The molecule has 1 heterocycles. The average molecular weight is 401 g/mol. The van der Waals surface area contributed by atoms with Crippen LogP contribution >= 0.6 is 11.3 Å². The van der Waals surface area contributed by atoms with Gasteiger partial charge in [-0.15, -0.1) is 11.3 Å². The van der Waals surface area contributed by atoms with Crippen molar-refractivity contribution >= 4 is 34.0 Å². The molecule has 0 aliphatic heterocycles. The summed E-state index contributed by atoms with van der Waals surface area (Å²) < 4.78 is 5.30. The van der Waals surface area contributed by atoms with Gasteiger partial charge in [0.2, 0.25) is 0 Å². The van der Waals surface area contributed by atoms with Gasteiger partial charge in [-0.05, 0) is 33.8 Å². The Morgan fingerprint density at radius 3 is 2.41 bits per heavy atom. The molecule has 144 valence electrons. The van der Waals surface area contributed by atoms with Crippen LogP contribution in [0.4, 0.5) is 0 Å². The predicted molar refractivity (Wildman–Crippen MR) is 115 cm³/mol. The highest BCUT2D eigenvalue weighted by molar-refractivity contribution is 7.10. The second kappa shape index (κ2) is 8.71. The normalized spacial score (nSPS) is 11.7. The van der Waals surface area contributed by atoms with Gasteiger partial charge >= 0.3 is 5.97 Å². The van der Waals surface area contributed by atoms with Crippen LogP contribution in [0.2, 0.25) is 0 Å². The third-order valence-corrected chi connectivity index (χ3v) is 5.55. The van der Waals surface area contributed by atoms with Crippen molar-refractivity contribution in [3.05, 3.63) is 106 Å². The van der Waals surface area contributed by atoms with E-state index < -0.39 is 5.97 Å². The quantitative estimate of drug-likeness (QED) is 0.465. The maximum Gasteiger partial charge on any atom is 0.339 e. The van der Waals surface area contributed by atoms with Crippen LogP contribution in [0.3, 0.4) is 0 Å². The van der Waals surface area contributed by atoms with E-state index >= 15 is 0 Å². The van der Waals surface area contributed by atoms with Crippen molar-refractivity contribution < 1.29 is 14.3 Å². The molecule has 1 N–H and O–H groups in total. The van der Waals surface area contributed by atoms with Crippen LogP contribution in [0.1, 0.15) is 26.8 Å². The molecule has 4 rings (SSSR count). The van der Waals surface area contributed by atoms with Crippen LogP contribution in [0.5, 0.6) is 0 Å². The highest BCUT2D eigenvalue weighted by Crippen LogP contribution is 2.26. The van der Waals surface area contributed by atoms with E-state index in [9.17, 15) is 9.59 Å². The topological polar surface area (TPSA) is 55.4 Å². The average Bonchev–Trinajstić information content (AvgIpc) is 3.30. The number of nitrogens with one attached hydrogen (secondary N) is 1. The highest BCUT2D eigenvalue weighted by Gasteiger charge is 2.19. The molecule has 4 nitrogen and oxygen atoms in total. The standard InChI is InChI=1S/C24H19NO3S/c26-22(25-23(21-14-7-15-29-21)18-9-2-1-3-10-18)16-28-24(27)20-13-6-11-17-8-4-5-12-19(17)20/h1-15,23H,16H2,(H,25,26)/t23-/m1/s1. The van der Waals surface area contributed by atoms with Gasteiger partial charge in [0.15, 0.2) is 6.61 Å². The molecule has 1 atom stereocenters. The number of fused-ring (bicyclic) bond motifs is 1. The number of carbonyl (C=O) groups excluding carboxylic acids is 2. The number of carbonyl (C=O) groups is 2. The number of hydrogen-bond acceptors (Lipinski definition) is 4. The summed E-state index contributed by atoms with van der Waals surface area (Å²) in [4.78, 5) is 26.1. The number of thiophene rings is 1. The molecule has 1 aromatic heterocycles. The van der Waals surface area contributed by atoms with Crippen LogP contribution < -0.4 is 5.32 Å². The van der Waals surface area contributed by atoms with Crippen LogP contribution in [0, 0.1) is 0 Å². The van der Waals surface area contributed by atoms with Crippen LogP contribution in [-0.2, 0) is 9.53 Å². The molecule has 3 aromatic carbocycles. The lowest BCUT2D eigenvalue weighted by molar-refractivity contribution is -0.124. The molecule has 29 heavy (non-hydrogen) atoms. The summed E-state index contributed by atoms with van der Waals surface area (Å²) >= 11 is 1.57. The van der Waals surface area contributed by atoms with Crippen LogP contribution in [0.25, 0.3) is 10.8 Å². The van der Waals surface area contributed by atoms with Crippen molar-refractivity contribution in [1.82, 2.24) is 5.32 Å². The van der Waals surface area contributed by atoms with Crippen molar-refractivity contribution in [1.29, 1.82) is 0 Å². The first-order valence-electron chi connectivity index (χ1n) is 9.25. The number of esters is 1. The summed E-state index contributed by atoms with van der Waals surface area (Å²) in [6, 6.07) is 26.4. The molecule has 0 bridgehead atoms. The van der Waals surface area contributed by atoms with E-state index in [0.717, 1.165) is 21.2 Å². The molecule has 0 aliphatic rings. The molecule has 0 radical (unpaired) electrons. The third-order valence-electron chi connectivity index (χ3n) is 4.61. The highest BCUT2D eigenvalue weighted by atomic mass is 32.1. The Bertz CT molecular complexity index is 1120. The first-order valence-corrected chi connectivity index (χ1v) is 10.1. The van der Waals surface area contributed by atoms with Gasteiger partial charge in [-0.1, -0.05) is 72.8 Å². The summed E-state index contributed by atoms with van der Waals surface area (Å²) in [6.07, 6.45) is 0. The lowest BCUT2D eigenvalue weighted by Gasteiger charge is -2.18. The summed E-state index contributed by atoms with van der Waals surface area (Å²) in [5.74, 6) is -0.856. The van der Waals surface area contributed by atoms with E-state index in [1.807, 2.05) is 78.2 Å². The summed E-state index contributed by atoms with van der Waals surface area (Å²) in [7, 11) is 0. The van der Waals surface area contributed by atoms with Gasteiger partial charge in [-0.25, -0.2) is 4.79 Å². The van der Waals surface area contributed by atoms with Gasteiger partial charge in [-0.3, -0.25) is 4.79 Å². The fourth-order valence-corrected chi connectivity index (χ4v) is 4.04. The monoisotopic (exact) mass is 401 g/mol. The Balaban J connectivity index is 1.45. The van der Waals surface area contributed by atoms with Crippen molar-refractivity contribution in [2.24, 2.45) is 0 Å². The zero-order chi connectivity index (χ0) is 20.1. The molecule has 5 heteroatoms. The molecule has 0 aliphatic carbocycles. The first kappa shape index (κ1) is 18.9. The van der Waals surface area contributed by atoms with Gasteiger partial charge in [-0.2, -0.15) is 0 Å². The van der Waals surface area contributed by atoms with Gasteiger partial charge in [0.05, 0.1) is 11.6 Å². The summed E-state index contributed by atoms with van der Waals surface area (Å²) in [5.41, 5.74) is 1.43. The van der Waals surface area contributed by atoms with Gasteiger partial charge in [0, 0.05) is 4.88 Å². The van der Waals surface area contributed by atoms with Crippen LogP contribution in [-0.4, -0.2) is 18.5 Å². The molecule has 0 spiro atoms. The number of ether oxygens (including phenoxy) is 1. The Hall–Kier alpha value is -3.44. The molecular formula is C24H19NO3S. The molecular weight excluding hydrogens is 382 g/mol. The van der Waals surface area contributed by atoms with E-state index in [4.69, 9.17) is 4.74 Å². The maximum absolute atomic E-state index is 12.5. The number of benzene rings is 3. The molecule has 0 fully saturated rings. The smallest absolute Gasteiger partial charge is 0.339 e. The second-order valence-corrected chi connectivity index (χ2v) is 7.51. The molecule has 1 amide bonds. The first-order chi connectivity index (χ1) is 14.2. The maximum atomic E-state index is 12.5. The minimum absolute atomic E-state index is 0.278. The molecule has 0 saturated heterocycles. The minimum Gasteiger partial charge on any atom is -0.452 e. The van der Waals surface area contributed by atoms with Crippen LogP contribution in [0.15, 0.2) is 90.3 Å². The van der Waals surface area contributed by atoms with Crippen molar-refractivity contribution in [3.63, 3.8) is 0 Å². The lowest BCUT2D eigenvalue weighted by atomic mass is 10.0. The number of rotatable bonds is 6. The van der Waals surface area contributed by atoms with E-state index in [1.165, 1.54) is 0 Å². The van der Waals surface area contributed by atoms with Gasteiger partial charge < -0.3 is 10.1 Å². The van der Waals surface area contributed by atoms with Crippen molar-refractivity contribution in [3.8, 4) is 0 Å². The fraction of sp³-hybridized carbons (Fsp3) is 0.0833. The van der Waals surface area contributed by atoms with E-state index in [-0.39, 0.29) is 18.6 Å². The molecule has 4 aromatic rings. The van der Waals surface area contributed by atoms with Crippen molar-refractivity contribution in [2.75, 3.05) is 6.61 Å². The minimum atomic E-state index is -0.510. The third kappa shape index (κ3) is 4.36. The van der Waals surface area contributed by atoms with Gasteiger partial charge in [0.1, 0.15) is 0 Å². The predicted octanol–water partition coefficient (Wildman–Crippen LogP) is 4.96. The SMILES string of the molecule is O=C(COC(=O)c1cccc2ccccc12)N[C@H](c1ccccc1)c1cccs1. The lowest BCUT2D eigenvalue weighted by Crippen LogP contribution is -2.32.